The second-order valence-electron chi connectivity index (χ2n) is 4.09. The summed E-state index contributed by atoms with van der Waals surface area (Å²) in [7, 11) is 0. The van der Waals surface area contributed by atoms with E-state index in [1.165, 1.54) is 11.1 Å². The third kappa shape index (κ3) is 3.13. The van der Waals surface area contributed by atoms with Gasteiger partial charge in [0.25, 0.3) is 0 Å². The molecule has 2 atom stereocenters. The summed E-state index contributed by atoms with van der Waals surface area (Å²) >= 11 is 0. The first kappa shape index (κ1) is 11.2. The van der Waals surface area contributed by atoms with Gasteiger partial charge in [0.05, 0.1) is 0 Å². The largest absolute Gasteiger partial charge is 0.330 e. The van der Waals surface area contributed by atoms with E-state index in [0.717, 1.165) is 6.42 Å². The monoisotopic (exact) mass is 192 g/mol. The van der Waals surface area contributed by atoms with Crippen molar-refractivity contribution in [3.05, 3.63) is 35.4 Å². The summed E-state index contributed by atoms with van der Waals surface area (Å²) in [4.78, 5) is 0. The highest BCUT2D eigenvalue weighted by atomic mass is 14.6. The Morgan fingerprint density at radius 2 is 1.79 bits per heavy atom. The lowest BCUT2D eigenvalue weighted by Crippen LogP contribution is -2.19. The van der Waals surface area contributed by atoms with Gasteiger partial charge >= 0.3 is 0 Å². The molecule has 0 fully saturated rings. The van der Waals surface area contributed by atoms with E-state index in [4.69, 9.17) is 11.5 Å². The molecule has 2 heteroatoms. The number of aryl methyl sites for hydroxylation is 1. The van der Waals surface area contributed by atoms with Crippen molar-refractivity contribution in [2.24, 2.45) is 17.4 Å². The zero-order chi connectivity index (χ0) is 10.6. The van der Waals surface area contributed by atoms with Crippen molar-refractivity contribution >= 4 is 0 Å². The second-order valence-corrected chi connectivity index (χ2v) is 4.09. The molecular formula is C12H20N2. The average Bonchev–Trinajstić information content (AvgIpc) is 2.18. The minimum Gasteiger partial charge on any atom is -0.330 e. The highest BCUT2D eigenvalue weighted by Crippen LogP contribution is 2.18. The van der Waals surface area contributed by atoms with Crippen molar-refractivity contribution in [1.29, 1.82) is 0 Å². The Bertz CT molecular complexity index is 266. The van der Waals surface area contributed by atoms with Crippen LogP contribution in [-0.2, 0) is 0 Å². The van der Waals surface area contributed by atoms with Crippen molar-refractivity contribution in [2.75, 3.05) is 6.54 Å². The van der Waals surface area contributed by atoms with E-state index < -0.39 is 0 Å². The van der Waals surface area contributed by atoms with Gasteiger partial charge in [-0.15, -0.1) is 0 Å². The van der Waals surface area contributed by atoms with Crippen LogP contribution in [0.15, 0.2) is 24.3 Å². The third-order valence-electron chi connectivity index (χ3n) is 2.56. The van der Waals surface area contributed by atoms with Crippen molar-refractivity contribution in [1.82, 2.24) is 0 Å². The van der Waals surface area contributed by atoms with Gasteiger partial charge in [0, 0.05) is 6.04 Å². The van der Waals surface area contributed by atoms with Crippen LogP contribution >= 0.6 is 0 Å². The Balaban J connectivity index is 2.60. The summed E-state index contributed by atoms with van der Waals surface area (Å²) in [5, 5.41) is 0. The molecule has 0 amide bonds. The fourth-order valence-corrected chi connectivity index (χ4v) is 1.48. The molecule has 0 aliphatic carbocycles. The fourth-order valence-electron chi connectivity index (χ4n) is 1.48. The van der Waals surface area contributed by atoms with E-state index in [9.17, 15) is 0 Å². The van der Waals surface area contributed by atoms with Crippen LogP contribution in [0.5, 0.6) is 0 Å². The molecule has 0 aromatic heterocycles. The smallest absolute Gasteiger partial charge is 0.0297 e. The molecule has 4 N–H and O–H groups in total. The highest BCUT2D eigenvalue weighted by Gasteiger charge is 2.09. The van der Waals surface area contributed by atoms with Crippen molar-refractivity contribution in [3.63, 3.8) is 0 Å². The summed E-state index contributed by atoms with van der Waals surface area (Å²) < 4.78 is 0. The van der Waals surface area contributed by atoms with Crippen molar-refractivity contribution in [2.45, 2.75) is 26.3 Å². The van der Waals surface area contributed by atoms with E-state index in [2.05, 4.69) is 38.1 Å². The van der Waals surface area contributed by atoms with E-state index in [1.54, 1.807) is 0 Å². The summed E-state index contributed by atoms with van der Waals surface area (Å²) in [5.74, 6) is 0.492. The van der Waals surface area contributed by atoms with Gasteiger partial charge in [-0.2, -0.15) is 0 Å². The predicted molar refractivity (Wildman–Crippen MR) is 60.9 cm³/mol. The molecule has 2 unspecified atom stereocenters. The van der Waals surface area contributed by atoms with Crippen LogP contribution in [-0.4, -0.2) is 6.54 Å². The maximum Gasteiger partial charge on any atom is 0.0297 e. The fraction of sp³-hybridized carbons (Fsp3) is 0.500. The Hall–Kier alpha value is -0.860. The first-order valence-corrected chi connectivity index (χ1v) is 5.15. The SMILES string of the molecule is Cc1ccc(C(N)CC(C)CN)cc1. The molecule has 78 valence electrons. The topological polar surface area (TPSA) is 52.0 Å². The van der Waals surface area contributed by atoms with E-state index in [0.29, 0.717) is 12.5 Å². The van der Waals surface area contributed by atoms with Gasteiger partial charge in [-0.3, -0.25) is 0 Å². The lowest BCUT2D eigenvalue weighted by Gasteiger charge is -2.16. The Kier molecular flexibility index (Phi) is 4.11. The molecule has 0 saturated heterocycles. The van der Waals surface area contributed by atoms with Crippen LogP contribution < -0.4 is 11.5 Å². The summed E-state index contributed by atoms with van der Waals surface area (Å²) in [5.41, 5.74) is 14.1. The van der Waals surface area contributed by atoms with Gasteiger partial charge in [-0.05, 0) is 31.4 Å². The van der Waals surface area contributed by atoms with Gasteiger partial charge < -0.3 is 11.5 Å². The number of hydrogen-bond donors (Lipinski definition) is 2. The van der Waals surface area contributed by atoms with Gasteiger partial charge in [-0.25, -0.2) is 0 Å². The quantitative estimate of drug-likeness (QED) is 0.766. The molecule has 1 aromatic rings. The van der Waals surface area contributed by atoms with E-state index in [-0.39, 0.29) is 6.04 Å². The van der Waals surface area contributed by atoms with Crippen molar-refractivity contribution < 1.29 is 0 Å². The molecule has 0 aliphatic rings. The van der Waals surface area contributed by atoms with Gasteiger partial charge in [0.1, 0.15) is 0 Å². The molecule has 0 bridgehead atoms. The standard InChI is InChI=1S/C12H20N2/c1-9-3-5-11(6-4-9)12(14)7-10(2)8-13/h3-6,10,12H,7-8,13-14H2,1-2H3. The Labute approximate surface area is 86.3 Å². The molecule has 0 radical (unpaired) electrons. The Morgan fingerprint density at radius 3 is 2.29 bits per heavy atom. The van der Waals surface area contributed by atoms with Crippen LogP contribution in [0.2, 0.25) is 0 Å². The maximum atomic E-state index is 6.07. The van der Waals surface area contributed by atoms with Crippen LogP contribution in [0, 0.1) is 12.8 Å². The van der Waals surface area contributed by atoms with E-state index in [1.807, 2.05) is 0 Å². The number of benzene rings is 1. The molecule has 2 nitrogen and oxygen atoms in total. The minimum absolute atomic E-state index is 0.120. The normalized spacial score (nSPS) is 15.1. The molecular weight excluding hydrogens is 172 g/mol. The maximum absolute atomic E-state index is 6.07. The zero-order valence-corrected chi connectivity index (χ0v) is 9.03. The number of nitrogens with two attached hydrogens (primary N) is 2. The number of hydrogen-bond acceptors (Lipinski definition) is 2. The first-order valence-electron chi connectivity index (χ1n) is 5.15. The van der Waals surface area contributed by atoms with E-state index >= 15 is 0 Å². The predicted octanol–water partition coefficient (Wildman–Crippen LogP) is 1.98. The molecule has 1 rings (SSSR count). The summed E-state index contributed by atoms with van der Waals surface area (Å²) in [6.45, 7) is 4.92. The molecule has 0 aliphatic heterocycles. The van der Waals surface area contributed by atoms with Crippen LogP contribution in [0.25, 0.3) is 0 Å². The van der Waals surface area contributed by atoms with Gasteiger partial charge in [0.2, 0.25) is 0 Å². The van der Waals surface area contributed by atoms with Crippen LogP contribution in [0.3, 0.4) is 0 Å². The number of rotatable bonds is 4. The van der Waals surface area contributed by atoms with Crippen molar-refractivity contribution in [3.8, 4) is 0 Å². The lowest BCUT2D eigenvalue weighted by molar-refractivity contribution is 0.482. The van der Waals surface area contributed by atoms with Crippen LogP contribution in [0.1, 0.15) is 30.5 Å². The van der Waals surface area contributed by atoms with Crippen LogP contribution in [0.4, 0.5) is 0 Å². The van der Waals surface area contributed by atoms with Gasteiger partial charge in [-0.1, -0.05) is 36.8 Å². The third-order valence-corrected chi connectivity index (χ3v) is 2.56. The first-order chi connectivity index (χ1) is 6.63. The summed E-state index contributed by atoms with van der Waals surface area (Å²) in [6, 6.07) is 8.52. The molecule has 0 spiro atoms. The summed E-state index contributed by atoms with van der Waals surface area (Å²) in [6.07, 6.45) is 0.958. The minimum atomic E-state index is 0.120. The van der Waals surface area contributed by atoms with Gasteiger partial charge in [0.15, 0.2) is 0 Å². The molecule has 14 heavy (non-hydrogen) atoms. The lowest BCUT2D eigenvalue weighted by atomic mass is 9.96. The second kappa shape index (κ2) is 5.13. The molecule has 0 saturated carbocycles. The zero-order valence-electron chi connectivity index (χ0n) is 9.03. The molecule has 0 heterocycles. The Morgan fingerprint density at radius 1 is 1.21 bits per heavy atom. The molecule has 1 aromatic carbocycles. The highest BCUT2D eigenvalue weighted by molar-refractivity contribution is 5.23. The average molecular weight is 192 g/mol.